The Kier molecular flexibility index (Phi) is 5.06. The third-order valence-corrected chi connectivity index (χ3v) is 6.74. The smallest absolute Gasteiger partial charge is 0.337 e. The molecule has 1 atom stereocenters. The van der Waals surface area contributed by atoms with Crippen LogP contribution in [0.25, 0.3) is 16.6 Å². The Bertz CT molecular complexity index is 1480. The summed E-state index contributed by atoms with van der Waals surface area (Å²) in [6, 6.07) is 12.3. The third-order valence-electron chi connectivity index (χ3n) is 5.17. The van der Waals surface area contributed by atoms with E-state index in [1.54, 1.807) is 47.9 Å². The number of nitrogens with one attached hydrogen (secondary N) is 1. The maximum Gasteiger partial charge on any atom is 0.337 e. The van der Waals surface area contributed by atoms with Crippen molar-refractivity contribution in [3.05, 3.63) is 76.1 Å². The molecule has 0 fully saturated rings. The lowest BCUT2D eigenvalue weighted by Gasteiger charge is -2.19. The zero-order chi connectivity index (χ0) is 22.3. The molecule has 8 nitrogen and oxygen atoms in total. The number of fused-ring (bicyclic) bond motifs is 3. The lowest BCUT2D eigenvalue weighted by molar-refractivity contribution is 0.0698. The van der Waals surface area contributed by atoms with E-state index >= 15 is 0 Å². The molecule has 160 valence electrons. The summed E-state index contributed by atoms with van der Waals surface area (Å²) in [7, 11) is -3.75. The van der Waals surface area contributed by atoms with Crippen molar-refractivity contribution in [3.8, 4) is 0 Å². The summed E-state index contributed by atoms with van der Waals surface area (Å²) in [5, 5.41) is 12.2. The minimum atomic E-state index is -3.75. The summed E-state index contributed by atoms with van der Waals surface area (Å²) in [5.74, 6) is -1.28. The van der Waals surface area contributed by atoms with Crippen LogP contribution in [-0.4, -0.2) is 29.6 Å². The second kappa shape index (κ2) is 7.59. The molecule has 0 aliphatic rings. The van der Waals surface area contributed by atoms with Gasteiger partial charge in [-0.05, 0) is 37.3 Å². The average Bonchev–Trinajstić information content (AvgIpc) is 3.21. The van der Waals surface area contributed by atoms with Gasteiger partial charge in [-0.3, -0.25) is 4.79 Å². The Balaban J connectivity index is 1.96. The van der Waals surface area contributed by atoms with Crippen molar-refractivity contribution >= 4 is 38.1 Å². The topological polar surface area (TPSA) is 118 Å². The number of aromatic nitrogens is 1. The van der Waals surface area contributed by atoms with Gasteiger partial charge in [0.15, 0.2) is 5.58 Å². The van der Waals surface area contributed by atoms with Crippen LogP contribution in [0.1, 0.15) is 35.8 Å². The summed E-state index contributed by atoms with van der Waals surface area (Å²) in [5.41, 5.74) is 1.62. The zero-order valence-electron chi connectivity index (χ0n) is 16.8. The maximum atomic E-state index is 12.9. The number of sulfone groups is 1. The van der Waals surface area contributed by atoms with Crippen molar-refractivity contribution in [2.24, 2.45) is 0 Å². The van der Waals surface area contributed by atoms with Gasteiger partial charge in [0.1, 0.15) is 5.52 Å². The Morgan fingerprint density at radius 1 is 1.19 bits per heavy atom. The predicted octanol–water partition coefficient (Wildman–Crippen LogP) is 3.71. The molecule has 1 aromatic carbocycles. The van der Waals surface area contributed by atoms with Crippen molar-refractivity contribution in [1.82, 2.24) is 4.40 Å². The van der Waals surface area contributed by atoms with Crippen LogP contribution in [0.2, 0.25) is 0 Å². The maximum absolute atomic E-state index is 12.9. The first-order valence-corrected chi connectivity index (χ1v) is 11.3. The Hall–Kier alpha value is -3.59. The summed E-state index contributed by atoms with van der Waals surface area (Å²) >= 11 is 0. The minimum absolute atomic E-state index is 0.0955. The van der Waals surface area contributed by atoms with Crippen molar-refractivity contribution in [2.45, 2.75) is 25.0 Å². The largest absolute Gasteiger partial charge is 0.478 e. The number of hydrogen-bond acceptors (Lipinski definition) is 6. The van der Waals surface area contributed by atoms with E-state index in [0.29, 0.717) is 11.3 Å². The number of nitrogens with zero attached hydrogens (tertiary/aromatic N) is 1. The Morgan fingerprint density at radius 3 is 2.65 bits per heavy atom. The lowest BCUT2D eigenvalue weighted by atomic mass is 10.1. The molecule has 0 aliphatic carbocycles. The molecule has 1 unspecified atom stereocenters. The molecular formula is C22H20N2O6S. The van der Waals surface area contributed by atoms with Crippen molar-refractivity contribution in [2.75, 3.05) is 11.1 Å². The number of carboxylic acids is 1. The minimum Gasteiger partial charge on any atom is -0.478 e. The fourth-order valence-electron chi connectivity index (χ4n) is 3.55. The van der Waals surface area contributed by atoms with Crippen LogP contribution in [0.4, 0.5) is 5.69 Å². The molecule has 2 N–H and O–H groups in total. The van der Waals surface area contributed by atoms with Crippen LogP contribution in [0.5, 0.6) is 0 Å². The van der Waals surface area contributed by atoms with Gasteiger partial charge in [0.25, 0.3) is 0 Å². The number of para-hydroxylation sites is 1. The molecule has 0 saturated heterocycles. The molecule has 0 spiro atoms. The molecule has 0 bridgehead atoms. The van der Waals surface area contributed by atoms with Crippen LogP contribution < -0.4 is 10.7 Å². The van der Waals surface area contributed by atoms with Gasteiger partial charge in [-0.1, -0.05) is 19.1 Å². The molecule has 9 heteroatoms. The van der Waals surface area contributed by atoms with Gasteiger partial charge in [-0.2, -0.15) is 0 Å². The second-order valence-corrected chi connectivity index (χ2v) is 9.34. The Morgan fingerprint density at radius 2 is 1.94 bits per heavy atom. The first kappa shape index (κ1) is 20.7. The van der Waals surface area contributed by atoms with Crippen LogP contribution >= 0.6 is 0 Å². The van der Waals surface area contributed by atoms with Gasteiger partial charge in [0, 0.05) is 29.0 Å². The van der Waals surface area contributed by atoms with Crippen molar-refractivity contribution in [1.29, 1.82) is 0 Å². The highest BCUT2D eigenvalue weighted by atomic mass is 32.2. The van der Waals surface area contributed by atoms with Crippen LogP contribution in [0.15, 0.2) is 69.0 Å². The fraction of sp³-hybridized carbons (Fsp3) is 0.182. The molecule has 3 aromatic heterocycles. The molecule has 0 aliphatic heterocycles. The van der Waals surface area contributed by atoms with E-state index in [0.717, 1.165) is 11.6 Å². The van der Waals surface area contributed by atoms with E-state index in [1.807, 2.05) is 6.07 Å². The van der Waals surface area contributed by atoms with E-state index in [2.05, 4.69) is 5.32 Å². The average molecular weight is 440 g/mol. The number of carbonyl (C=O) groups is 1. The monoisotopic (exact) mass is 440 g/mol. The lowest BCUT2D eigenvalue weighted by Crippen LogP contribution is -2.15. The fourth-order valence-corrected chi connectivity index (χ4v) is 4.33. The number of carboxylic acid groups (broad SMARTS) is 1. The van der Waals surface area contributed by atoms with E-state index in [9.17, 15) is 23.1 Å². The molecular weight excluding hydrogens is 420 g/mol. The first-order valence-electron chi connectivity index (χ1n) is 9.62. The molecule has 4 rings (SSSR count). The number of pyridine rings is 1. The van der Waals surface area contributed by atoms with Gasteiger partial charge >= 0.3 is 5.97 Å². The molecule has 0 saturated carbocycles. The SMILES string of the molecule is CCS(=O)(=O)c1cc(=O)c2c(o1)c(C(C)Nc1ccccc1C(=O)O)cc1cccn12. The quantitative estimate of drug-likeness (QED) is 0.469. The molecule has 4 aromatic rings. The third kappa shape index (κ3) is 3.57. The summed E-state index contributed by atoms with van der Waals surface area (Å²) in [4.78, 5) is 24.5. The summed E-state index contributed by atoms with van der Waals surface area (Å²) in [6.07, 6.45) is 1.70. The highest BCUT2D eigenvalue weighted by molar-refractivity contribution is 7.91. The van der Waals surface area contributed by atoms with Crippen molar-refractivity contribution < 1.29 is 22.7 Å². The van der Waals surface area contributed by atoms with Crippen LogP contribution in [0.3, 0.4) is 0 Å². The highest BCUT2D eigenvalue weighted by Crippen LogP contribution is 2.30. The van der Waals surface area contributed by atoms with Crippen LogP contribution in [0, 0.1) is 0 Å². The van der Waals surface area contributed by atoms with Gasteiger partial charge in [0.05, 0.1) is 17.4 Å². The summed E-state index contributed by atoms with van der Waals surface area (Å²) in [6.45, 7) is 3.26. The number of benzene rings is 1. The zero-order valence-corrected chi connectivity index (χ0v) is 17.6. The standard InChI is InChI=1S/C22H20N2O6S/c1-3-31(28,29)19-12-18(25)20-21(30-19)16(11-14-7-6-10-24(14)20)13(2)23-17-9-5-4-8-15(17)22(26)27/h4-13,23H,3H2,1-2H3,(H,26,27). The number of rotatable bonds is 6. The number of aromatic carboxylic acids is 1. The molecule has 31 heavy (non-hydrogen) atoms. The summed E-state index contributed by atoms with van der Waals surface area (Å²) < 4.78 is 32.2. The molecule has 0 radical (unpaired) electrons. The normalized spacial score (nSPS) is 12.8. The van der Waals surface area contributed by atoms with E-state index < -0.39 is 32.4 Å². The Labute approximate surface area is 177 Å². The van der Waals surface area contributed by atoms with E-state index in [1.165, 1.54) is 13.0 Å². The predicted molar refractivity (Wildman–Crippen MR) is 117 cm³/mol. The van der Waals surface area contributed by atoms with E-state index in [-0.39, 0.29) is 22.4 Å². The molecule has 0 amide bonds. The second-order valence-electron chi connectivity index (χ2n) is 7.13. The number of hydrogen-bond donors (Lipinski definition) is 2. The first-order chi connectivity index (χ1) is 14.7. The van der Waals surface area contributed by atoms with Gasteiger partial charge in [-0.15, -0.1) is 0 Å². The van der Waals surface area contributed by atoms with Crippen LogP contribution in [-0.2, 0) is 9.84 Å². The number of anilines is 1. The molecule has 3 heterocycles. The van der Waals surface area contributed by atoms with Gasteiger partial charge in [-0.25, -0.2) is 13.2 Å². The highest BCUT2D eigenvalue weighted by Gasteiger charge is 2.23. The van der Waals surface area contributed by atoms with Gasteiger partial charge in [0.2, 0.25) is 20.4 Å². The van der Waals surface area contributed by atoms with Gasteiger partial charge < -0.3 is 19.2 Å². The van der Waals surface area contributed by atoms with E-state index in [4.69, 9.17) is 4.42 Å². The van der Waals surface area contributed by atoms with Crippen molar-refractivity contribution in [3.63, 3.8) is 0 Å².